The van der Waals surface area contributed by atoms with Gasteiger partial charge in [0.2, 0.25) is 0 Å². The minimum atomic E-state index is -0.726. The Labute approximate surface area is 108 Å². The van der Waals surface area contributed by atoms with Crippen LogP contribution in [0.15, 0.2) is 27.4 Å². The maximum atomic E-state index is 11.4. The third-order valence-corrected chi connectivity index (χ3v) is 3.60. The number of rotatable bonds is 4. The molecule has 1 saturated carbocycles. The van der Waals surface area contributed by atoms with Gasteiger partial charge in [0.1, 0.15) is 0 Å². The van der Waals surface area contributed by atoms with Gasteiger partial charge in [-0.05, 0) is 24.5 Å². The first-order valence-electron chi connectivity index (χ1n) is 6.12. The molecule has 0 radical (unpaired) electrons. The van der Waals surface area contributed by atoms with Gasteiger partial charge in [0.05, 0.1) is 11.4 Å². The number of carboxylic acid groups (broad SMARTS) is 1. The minimum absolute atomic E-state index is 0.191. The van der Waals surface area contributed by atoms with Crippen LogP contribution in [0.5, 0.6) is 0 Å². The van der Waals surface area contributed by atoms with E-state index in [9.17, 15) is 9.59 Å². The molecule has 1 aliphatic carbocycles. The Morgan fingerprint density at radius 2 is 2.37 bits per heavy atom. The molecule has 2 aromatic rings. The number of nitrogens with zero attached hydrogens (tertiary/aromatic N) is 1. The highest BCUT2D eigenvalue weighted by atomic mass is 16.4. The summed E-state index contributed by atoms with van der Waals surface area (Å²) in [6.07, 6.45) is 0.727. The average Bonchev–Trinajstić information content (AvgIpc) is 3.10. The van der Waals surface area contributed by atoms with E-state index in [4.69, 9.17) is 9.52 Å². The van der Waals surface area contributed by atoms with Crippen molar-refractivity contribution in [3.63, 3.8) is 0 Å². The van der Waals surface area contributed by atoms with Gasteiger partial charge in [0.25, 0.3) is 0 Å². The Hall–Kier alpha value is -2.24. The SMILES string of the molecule is Cn1c(=O)oc2cc(NCC3CC3C(=O)O)ccc21. The third kappa shape index (κ3) is 2.09. The first-order valence-corrected chi connectivity index (χ1v) is 6.12. The second-order valence-corrected chi connectivity index (χ2v) is 4.93. The maximum absolute atomic E-state index is 11.4. The molecule has 0 spiro atoms. The van der Waals surface area contributed by atoms with E-state index in [1.807, 2.05) is 12.1 Å². The average molecular weight is 262 g/mol. The number of hydrogen-bond donors (Lipinski definition) is 2. The predicted molar refractivity (Wildman–Crippen MR) is 69.2 cm³/mol. The van der Waals surface area contributed by atoms with Gasteiger partial charge in [0, 0.05) is 25.3 Å². The standard InChI is InChI=1S/C13H14N2O4/c1-15-10-3-2-8(5-11(10)19-13(15)18)14-6-7-4-9(7)12(16)17/h2-3,5,7,9,14H,4,6H2,1H3,(H,16,17). The van der Waals surface area contributed by atoms with E-state index in [0.717, 1.165) is 17.6 Å². The van der Waals surface area contributed by atoms with Crippen LogP contribution in [-0.2, 0) is 11.8 Å². The van der Waals surface area contributed by atoms with Crippen molar-refractivity contribution in [2.24, 2.45) is 18.9 Å². The number of nitrogens with one attached hydrogen (secondary N) is 1. The van der Waals surface area contributed by atoms with Gasteiger partial charge in [-0.3, -0.25) is 9.36 Å². The fourth-order valence-electron chi connectivity index (χ4n) is 2.27. The molecule has 100 valence electrons. The maximum Gasteiger partial charge on any atom is 0.419 e. The molecule has 0 amide bonds. The van der Waals surface area contributed by atoms with E-state index in [0.29, 0.717) is 12.1 Å². The molecule has 0 aliphatic heterocycles. The molecule has 0 saturated heterocycles. The second kappa shape index (κ2) is 4.15. The lowest BCUT2D eigenvalue weighted by molar-refractivity contribution is -0.138. The van der Waals surface area contributed by atoms with Crippen molar-refractivity contribution in [3.8, 4) is 0 Å². The first-order chi connectivity index (χ1) is 9.06. The molecule has 1 aromatic heterocycles. The molecule has 3 rings (SSSR count). The van der Waals surface area contributed by atoms with Crippen molar-refractivity contribution in [2.45, 2.75) is 6.42 Å². The van der Waals surface area contributed by atoms with Crippen LogP contribution in [-0.4, -0.2) is 22.2 Å². The predicted octanol–water partition coefficient (Wildman–Crippen LogP) is 1.26. The molecular weight excluding hydrogens is 248 g/mol. The molecule has 1 aromatic carbocycles. The van der Waals surface area contributed by atoms with Gasteiger partial charge in [-0.25, -0.2) is 4.79 Å². The molecule has 1 aliphatic rings. The minimum Gasteiger partial charge on any atom is -0.481 e. The fraction of sp³-hybridized carbons (Fsp3) is 0.385. The van der Waals surface area contributed by atoms with Gasteiger partial charge < -0.3 is 14.8 Å². The number of anilines is 1. The van der Waals surface area contributed by atoms with E-state index in [2.05, 4.69) is 5.32 Å². The van der Waals surface area contributed by atoms with Crippen LogP contribution in [0.2, 0.25) is 0 Å². The summed E-state index contributed by atoms with van der Waals surface area (Å²) in [5.41, 5.74) is 2.10. The molecule has 1 heterocycles. The highest BCUT2D eigenvalue weighted by molar-refractivity contribution is 5.77. The molecule has 19 heavy (non-hydrogen) atoms. The lowest BCUT2D eigenvalue weighted by Crippen LogP contribution is -2.08. The van der Waals surface area contributed by atoms with Crippen molar-refractivity contribution in [2.75, 3.05) is 11.9 Å². The molecule has 2 N–H and O–H groups in total. The molecule has 1 fully saturated rings. The zero-order valence-corrected chi connectivity index (χ0v) is 10.4. The zero-order valence-electron chi connectivity index (χ0n) is 10.4. The van der Waals surface area contributed by atoms with Gasteiger partial charge in [-0.1, -0.05) is 0 Å². The van der Waals surface area contributed by atoms with Crippen LogP contribution in [0.3, 0.4) is 0 Å². The van der Waals surface area contributed by atoms with Gasteiger partial charge in [-0.15, -0.1) is 0 Å². The fourth-order valence-corrected chi connectivity index (χ4v) is 2.27. The number of oxazole rings is 1. The Morgan fingerprint density at radius 1 is 1.58 bits per heavy atom. The summed E-state index contributed by atoms with van der Waals surface area (Å²) in [5.74, 6) is -1.14. The number of carboxylic acids is 1. The number of hydrogen-bond acceptors (Lipinski definition) is 4. The summed E-state index contributed by atoms with van der Waals surface area (Å²) >= 11 is 0. The quantitative estimate of drug-likeness (QED) is 0.866. The van der Waals surface area contributed by atoms with E-state index >= 15 is 0 Å². The van der Waals surface area contributed by atoms with Crippen molar-refractivity contribution in [1.82, 2.24) is 4.57 Å². The summed E-state index contributed by atoms with van der Waals surface area (Å²) < 4.78 is 6.54. The highest BCUT2D eigenvalue weighted by Crippen LogP contribution is 2.38. The molecule has 6 heteroatoms. The topological polar surface area (TPSA) is 84.5 Å². The number of aromatic nitrogens is 1. The monoisotopic (exact) mass is 262 g/mol. The molecule has 6 nitrogen and oxygen atoms in total. The lowest BCUT2D eigenvalue weighted by Gasteiger charge is -2.05. The molecule has 0 bridgehead atoms. The number of aryl methyl sites for hydroxylation is 1. The number of benzene rings is 1. The van der Waals surface area contributed by atoms with Crippen molar-refractivity contribution in [3.05, 3.63) is 28.7 Å². The van der Waals surface area contributed by atoms with Crippen LogP contribution < -0.4 is 11.1 Å². The Kier molecular flexibility index (Phi) is 2.58. The van der Waals surface area contributed by atoms with E-state index in [-0.39, 0.29) is 17.6 Å². The van der Waals surface area contributed by atoms with Crippen molar-refractivity contribution in [1.29, 1.82) is 0 Å². The van der Waals surface area contributed by atoms with E-state index in [1.54, 1.807) is 13.1 Å². The van der Waals surface area contributed by atoms with Gasteiger partial charge in [-0.2, -0.15) is 0 Å². The summed E-state index contributed by atoms with van der Waals surface area (Å²) in [6.45, 7) is 0.625. The highest BCUT2D eigenvalue weighted by Gasteiger charge is 2.42. The van der Waals surface area contributed by atoms with E-state index < -0.39 is 5.97 Å². The number of carbonyl (C=O) groups is 1. The number of aliphatic carboxylic acids is 1. The Bertz CT molecular complexity index is 700. The van der Waals surface area contributed by atoms with Crippen molar-refractivity contribution < 1.29 is 14.3 Å². The molecule has 2 atom stereocenters. The van der Waals surface area contributed by atoms with Crippen LogP contribution in [0.4, 0.5) is 5.69 Å². The van der Waals surface area contributed by atoms with Crippen LogP contribution in [0.25, 0.3) is 11.1 Å². The summed E-state index contributed by atoms with van der Waals surface area (Å²) in [5, 5.41) is 12.0. The Morgan fingerprint density at radius 3 is 3.05 bits per heavy atom. The van der Waals surface area contributed by atoms with Crippen LogP contribution in [0, 0.1) is 11.8 Å². The summed E-state index contributed by atoms with van der Waals surface area (Å²) in [7, 11) is 1.66. The largest absolute Gasteiger partial charge is 0.481 e. The van der Waals surface area contributed by atoms with Gasteiger partial charge in [0.15, 0.2) is 5.58 Å². The zero-order chi connectivity index (χ0) is 13.6. The summed E-state index contributed by atoms with van der Waals surface area (Å²) in [6, 6.07) is 5.43. The molecule has 2 unspecified atom stereocenters. The second-order valence-electron chi connectivity index (χ2n) is 4.93. The van der Waals surface area contributed by atoms with E-state index in [1.165, 1.54) is 4.57 Å². The number of fused-ring (bicyclic) bond motifs is 1. The Balaban J connectivity index is 1.72. The van der Waals surface area contributed by atoms with Crippen LogP contribution >= 0.6 is 0 Å². The van der Waals surface area contributed by atoms with Gasteiger partial charge >= 0.3 is 11.7 Å². The smallest absolute Gasteiger partial charge is 0.419 e. The van der Waals surface area contributed by atoms with Crippen molar-refractivity contribution >= 4 is 22.8 Å². The first kappa shape index (κ1) is 11.8. The summed E-state index contributed by atoms with van der Waals surface area (Å²) in [4.78, 5) is 22.1. The third-order valence-electron chi connectivity index (χ3n) is 3.60. The van der Waals surface area contributed by atoms with Crippen LogP contribution in [0.1, 0.15) is 6.42 Å². The molecular formula is C13H14N2O4. The normalized spacial score (nSPS) is 21.5. The lowest BCUT2D eigenvalue weighted by atomic mass is 10.2.